The molecule has 0 saturated heterocycles. The first-order valence-corrected chi connectivity index (χ1v) is 6.73. The summed E-state index contributed by atoms with van der Waals surface area (Å²) in [5.41, 5.74) is 3.07. The van der Waals surface area contributed by atoms with Gasteiger partial charge in [0.2, 0.25) is 0 Å². The zero-order valence-corrected chi connectivity index (χ0v) is 11.7. The van der Waals surface area contributed by atoms with Gasteiger partial charge in [0.1, 0.15) is 0 Å². The molecule has 104 valence electrons. The van der Waals surface area contributed by atoms with Crippen LogP contribution in [0.15, 0.2) is 18.2 Å². The smallest absolute Gasteiger partial charge is 0.339 e. The molecule has 0 aliphatic carbocycles. The Balaban J connectivity index is 2.15. The quantitative estimate of drug-likeness (QED) is 0.844. The molecule has 19 heavy (non-hydrogen) atoms. The van der Waals surface area contributed by atoms with E-state index in [0.717, 1.165) is 13.1 Å². The second kappa shape index (κ2) is 5.72. The molecule has 1 N–H and O–H groups in total. The summed E-state index contributed by atoms with van der Waals surface area (Å²) in [5.74, 6) is -0.582. The highest BCUT2D eigenvalue weighted by molar-refractivity contribution is 5.76. The lowest BCUT2D eigenvalue weighted by Crippen LogP contribution is -2.24. The normalized spacial score (nSPS) is 16.5. The second-order valence-electron chi connectivity index (χ2n) is 5.18. The lowest BCUT2D eigenvalue weighted by Gasteiger charge is -2.18. The zero-order valence-electron chi connectivity index (χ0n) is 11.7. The summed E-state index contributed by atoms with van der Waals surface area (Å²) in [7, 11) is 0. The number of hydrogen-bond donors (Lipinski definition) is 1. The highest BCUT2D eigenvalue weighted by Gasteiger charge is 2.24. The van der Waals surface area contributed by atoms with E-state index in [-0.39, 0.29) is 6.61 Å². The Morgan fingerprint density at radius 3 is 2.68 bits per heavy atom. The van der Waals surface area contributed by atoms with Crippen molar-refractivity contribution in [3.63, 3.8) is 0 Å². The summed E-state index contributed by atoms with van der Waals surface area (Å²) in [6, 6.07) is 6.21. The average Bonchev–Trinajstić information content (AvgIpc) is 2.81. The van der Waals surface area contributed by atoms with Crippen molar-refractivity contribution in [2.75, 3.05) is 6.61 Å². The number of esters is 1. The van der Waals surface area contributed by atoms with Crippen LogP contribution in [-0.4, -0.2) is 28.6 Å². The van der Waals surface area contributed by atoms with Gasteiger partial charge in [0.05, 0.1) is 6.61 Å². The van der Waals surface area contributed by atoms with Gasteiger partial charge < -0.3 is 9.84 Å². The largest absolute Gasteiger partial charge is 0.464 e. The molecule has 1 aromatic rings. The summed E-state index contributed by atoms with van der Waals surface area (Å²) < 4.78 is 4.84. The first kappa shape index (κ1) is 14.0. The van der Waals surface area contributed by atoms with E-state index in [4.69, 9.17) is 4.74 Å². The number of carbonyl (C=O) groups is 1. The van der Waals surface area contributed by atoms with Crippen LogP contribution in [0, 0.1) is 0 Å². The van der Waals surface area contributed by atoms with Crippen LogP contribution >= 0.6 is 0 Å². The summed E-state index contributed by atoms with van der Waals surface area (Å²) in [4.78, 5) is 13.9. The maximum Gasteiger partial charge on any atom is 0.339 e. The molecule has 0 saturated carbocycles. The molecular formula is C15H21NO3. The highest BCUT2D eigenvalue weighted by Crippen LogP contribution is 2.27. The average molecular weight is 263 g/mol. The Morgan fingerprint density at radius 2 is 2.05 bits per heavy atom. The van der Waals surface area contributed by atoms with Gasteiger partial charge in [-0.3, -0.25) is 4.90 Å². The molecule has 1 aromatic carbocycles. The lowest BCUT2D eigenvalue weighted by atomic mass is 10.0. The molecule has 1 heterocycles. The maximum atomic E-state index is 11.5. The summed E-state index contributed by atoms with van der Waals surface area (Å²) >= 11 is 0. The van der Waals surface area contributed by atoms with E-state index in [0.29, 0.717) is 11.6 Å². The van der Waals surface area contributed by atoms with E-state index in [1.54, 1.807) is 6.92 Å². The number of benzene rings is 1. The van der Waals surface area contributed by atoms with Gasteiger partial charge in [-0.15, -0.1) is 0 Å². The fourth-order valence-electron chi connectivity index (χ4n) is 2.33. The minimum absolute atomic E-state index is 0.280. The Hall–Kier alpha value is -1.39. The van der Waals surface area contributed by atoms with Crippen LogP contribution in [0.1, 0.15) is 43.6 Å². The molecule has 4 heteroatoms. The van der Waals surface area contributed by atoms with Crippen LogP contribution in [0.5, 0.6) is 0 Å². The molecule has 1 aliphatic heterocycles. The number of nitrogens with zero attached hydrogens (tertiary/aromatic N) is 1. The van der Waals surface area contributed by atoms with Crippen LogP contribution in [0.25, 0.3) is 0 Å². The Morgan fingerprint density at radius 1 is 1.37 bits per heavy atom. The number of aliphatic hydroxyl groups is 1. The molecule has 1 aliphatic rings. The third kappa shape index (κ3) is 2.96. The van der Waals surface area contributed by atoms with Crippen LogP contribution in [-0.2, 0) is 22.6 Å². The van der Waals surface area contributed by atoms with E-state index in [1.165, 1.54) is 11.1 Å². The van der Waals surface area contributed by atoms with Gasteiger partial charge in [-0.05, 0) is 37.5 Å². The van der Waals surface area contributed by atoms with E-state index in [2.05, 4.69) is 18.7 Å². The van der Waals surface area contributed by atoms with E-state index >= 15 is 0 Å². The second-order valence-corrected chi connectivity index (χ2v) is 5.18. The fourth-order valence-corrected chi connectivity index (χ4v) is 2.33. The topological polar surface area (TPSA) is 49.8 Å². The van der Waals surface area contributed by atoms with Gasteiger partial charge in [-0.1, -0.05) is 18.2 Å². The van der Waals surface area contributed by atoms with E-state index < -0.39 is 12.1 Å². The summed E-state index contributed by atoms with van der Waals surface area (Å²) in [6.45, 7) is 8.15. The fraction of sp³-hybridized carbons (Fsp3) is 0.533. The third-order valence-electron chi connectivity index (χ3n) is 3.53. The molecular weight excluding hydrogens is 242 g/mol. The van der Waals surface area contributed by atoms with Crippen molar-refractivity contribution >= 4 is 5.97 Å². The molecule has 0 bridgehead atoms. The van der Waals surface area contributed by atoms with Crippen LogP contribution in [0.3, 0.4) is 0 Å². The van der Waals surface area contributed by atoms with Crippen molar-refractivity contribution in [3.8, 4) is 0 Å². The number of hydrogen-bond acceptors (Lipinski definition) is 4. The van der Waals surface area contributed by atoms with Crippen LogP contribution in [0.4, 0.5) is 0 Å². The Labute approximate surface area is 114 Å². The maximum absolute atomic E-state index is 11.5. The number of aliphatic hydroxyl groups excluding tert-OH is 1. The van der Waals surface area contributed by atoms with E-state index in [1.807, 2.05) is 18.2 Å². The summed E-state index contributed by atoms with van der Waals surface area (Å²) in [5, 5.41) is 9.94. The SMILES string of the molecule is CCOC(=O)C(O)c1ccc2c(c1)CN(C(C)C)C2. The molecule has 0 aromatic heterocycles. The molecule has 0 fully saturated rings. The van der Waals surface area contributed by atoms with Gasteiger partial charge in [0.25, 0.3) is 0 Å². The first-order chi connectivity index (χ1) is 9.02. The molecule has 0 spiro atoms. The third-order valence-corrected chi connectivity index (χ3v) is 3.53. The Bertz CT molecular complexity index is 470. The zero-order chi connectivity index (χ0) is 14.0. The van der Waals surface area contributed by atoms with Gasteiger partial charge in [-0.25, -0.2) is 4.79 Å². The number of ether oxygens (including phenoxy) is 1. The number of carbonyl (C=O) groups excluding carboxylic acids is 1. The van der Waals surface area contributed by atoms with Gasteiger partial charge in [0.15, 0.2) is 6.10 Å². The van der Waals surface area contributed by atoms with Crippen molar-refractivity contribution in [1.29, 1.82) is 0 Å². The highest BCUT2D eigenvalue weighted by atomic mass is 16.5. The van der Waals surface area contributed by atoms with Crippen molar-refractivity contribution in [2.45, 2.75) is 46.0 Å². The number of fused-ring (bicyclic) bond motifs is 1. The van der Waals surface area contributed by atoms with Crippen LogP contribution < -0.4 is 0 Å². The van der Waals surface area contributed by atoms with Crippen molar-refractivity contribution in [2.24, 2.45) is 0 Å². The molecule has 2 rings (SSSR count). The molecule has 4 nitrogen and oxygen atoms in total. The van der Waals surface area contributed by atoms with Crippen molar-refractivity contribution in [3.05, 3.63) is 34.9 Å². The lowest BCUT2D eigenvalue weighted by molar-refractivity contribution is -0.153. The predicted octanol–water partition coefficient (Wildman–Crippen LogP) is 2.01. The summed E-state index contributed by atoms with van der Waals surface area (Å²) in [6.07, 6.45) is -1.18. The predicted molar refractivity (Wildman–Crippen MR) is 72.4 cm³/mol. The monoisotopic (exact) mass is 263 g/mol. The Kier molecular flexibility index (Phi) is 4.22. The standard InChI is InChI=1S/C15H21NO3/c1-4-19-15(18)14(17)11-5-6-12-8-16(10(2)3)9-13(12)7-11/h5-7,10,14,17H,4,8-9H2,1-3H3. The minimum atomic E-state index is -1.18. The molecule has 1 atom stereocenters. The van der Waals surface area contributed by atoms with Crippen molar-refractivity contribution < 1.29 is 14.6 Å². The molecule has 0 radical (unpaired) electrons. The van der Waals surface area contributed by atoms with E-state index in [9.17, 15) is 9.90 Å². The van der Waals surface area contributed by atoms with Gasteiger partial charge in [0, 0.05) is 19.1 Å². The van der Waals surface area contributed by atoms with Crippen molar-refractivity contribution in [1.82, 2.24) is 4.90 Å². The van der Waals surface area contributed by atoms with Gasteiger partial charge in [-0.2, -0.15) is 0 Å². The number of rotatable bonds is 4. The van der Waals surface area contributed by atoms with Crippen LogP contribution in [0.2, 0.25) is 0 Å². The first-order valence-electron chi connectivity index (χ1n) is 6.73. The minimum Gasteiger partial charge on any atom is -0.464 e. The molecule has 1 unspecified atom stereocenters. The molecule has 0 amide bonds. The van der Waals surface area contributed by atoms with Gasteiger partial charge >= 0.3 is 5.97 Å².